The molecular weight excluding hydrogens is 1460 g/mol. The van der Waals surface area contributed by atoms with Gasteiger partial charge in [0, 0.05) is 18.6 Å². The first-order valence-electron chi connectivity index (χ1n) is 28.9. The van der Waals surface area contributed by atoms with Gasteiger partial charge in [-0.2, -0.15) is 18.6 Å². The van der Waals surface area contributed by atoms with Gasteiger partial charge in [-0.1, -0.05) is 71.7 Å². The van der Waals surface area contributed by atoms with E-state index in [1.54, 1.807) is 0 Å². The second-order valence-electron chi connectivity index (χ2n) is 21.6. The third-order valence-corrected chi connectivity index (χ3v) is 19.2. The molecule has 6 unspecified atom stereocenters. The Morgan fingerprint density at radius 2 is 0.580 bits per heavy atom. The van der Waals surface area contributed by atoms with Crippen molar-refractivity contribution in [2.75, 3.05) is 19.8 Å². The molecule has 21 nitrogen and oxygen atoms in total. The van der Waals surface area contributed by atoms with Crippen LogP contribution in [0.5, 0.6) is 0 Å². The molecule has 0 saturated carbocycles. The molecule has 15 atom stereocenters. The minimum Gasteiger partial charge on any atom is -0.664 e. The summed E-state index contributed by atoms with van der Waals surface area (Å²) in [7, 11) is 0. The minimum atomic E-state index is -1.87. The fourth-order valence-electron chi connectivity index (χ4n) is 10.5. The molecule has 3 saturated heterocycles. The predicted molar refractivity (Wildman–Crippen MR) is 328 cm³/mol. The van der Waals surface area contributed by atoms with Crippen molar-refractivity contribution in [1.82, 2.24) is 15.0 Å². The number of benzene rings is 3. The third-order valence-electron chi connectivity index (χ3n) is 15.5. The van der Waals surface area contributed by atoms with Gasteiger partial charge in [0.25, 0.3) is 0 Å². The maximum absolute atomic E-state index is 15.2. The zero-order chi connectivity index (χ0) is 71.6. The molecule has 9 heterocycles. The molecule has 3 fully saturated rings. The first-order chi connectivity index (χ1) is 47.3. The van der Waals surface area contributed by atoms with E-state index < -0.39 is 211 Å². The van der Waals surface area contributed by atoms with Gasteiger partial charge in [0.1, 0.15) is 89.6 Å². The van der Waals surface area contributed by atoms with Crippen LogP contribution in [0.2, 0.25) is 0 Å². The van der Waals surface area contributed by atoms with Gasteiger partial charge in [-0.05, 0) is 53.2 Å². The van der Waals surface area contributed by atoms with Crippen molar-refractivity contribution >= 4 is 70.6 Å². The third kappa shape index (κ3) is 15.1. The maximum Gasteiger partial charge on any atom is 3.00 e. The molecule has 3 aromatic carbocycles. The van der Waals surface area contributed by atoms with Crippen LogP contribution in [-0.4, -0.2) is 189 Å². The second kappa shape index (κ2) is 33.0. The number of hydrogen-bond acceptors (Lipinski definition) is 21. The monoisotopic (exact) mass is 1510 g/mol. The van der Waals surface area contributed by atoms with Gasteiger partial charge in [-0.25, -0.2) is 52.7 Å². The van der Waals surface area contributed by atoms with Gasteiger partial charge in [-0.3, -0.25) is 15.0 Å². The van der Waals surface area contributed by atoms with E-state index in [0.29, 0.717) is 0 Å². The minimum absolute atomic E-state index is 0. The number of thioether (sulfide) groups is 3. The molecule has 12 rings (SSSR count). The van der Waals surface area contributed by atoms with Crippen molar-refractivity contribution in [3.8, 4) is 0 Å². The number of aliphatic hydroxyl groups is 12. The average Bonchev–Trinajstić information content (AvgIpc) is 1.13. The molecule has 0 aliphatic carbocycles. The van der Waals surface area contributed by atoms with E-state index in [2.05, 4.69) is 29.9 Å². The molecule has 6 aliphatic rings. The summed E-state index contributed by atoms with van der Waals surface area (Å²) in [5.74, 6) is -20.9. The van der Waals surface area contributed by atoms with Gasteiger partial charge < -0.3 is 90.4 Å². The summed E-state index contributed by atoms with van der Waals surface area (Å²) in [6.45, 7) is -2.36. The van der Waals surface area contributed by atoms with E-state index in [1.807, 2.05) is 0 Å². The van der Waals surface area contributed by atoms with Crippen LogP contribution in [0, 0.1) is 69.8 Å². The summed E-state index contributed by atoms with van der Waals surface area (Å²) in [5, 5.41) is 117. The van der Waals surface area contributed by atoms with Crippen LogP contribution in [-0.2, 0) is 31.3 Å². The van der Waals surface area contributed by atoms with Crippen LogP contribution in [0.4, 0.5) is 52.7 Å². The van der Waals surface area contributed by atoms with E-state index in [9.17, 15) is 61.3 Å². The van der Waals surface area contributed by atoms with Crippen LogP contribution < -0.4 is 15.0 Å². The van der Waals surface area contributed by atoms with E-state index in [4.69, 9.17) is 14.2 Å². The van der Waals surface area contributed by atoms with E-state index in [1.165, 1.54) is 110 Å². The Bertz CT molecular complexity index is 3710. The van der Waals surface area contributed by atoms with Crippen LogP contribution in [0.1, 0.15) is 33.8 Å². The van der Waals surface area contributed by atoms with Crippen molar-refractivity contribution < 1.29 is 145 Å². The van der Waals surface area contributed by atoms with Crippen LogP contribution in [0.3, 0.4) is 0 Å². The average molecular weight is 1510 g/mol. The first-order valence-corrected chi connectivity index (χ1v) is 31.5. The molecule has 6 aromatic rings. The van der Waals surface area contributed by atoms with E-state index >= 15 is 52.7 Å². The molecular formula is C63H51F12FeN6O15S3. The summed E-state index contributed by atoms with van der Waals surface area (Å²) in [6.07, 6.45) is -3.70. The molecule has 100 heavy (non-hydrogen) atoms. The van der Waals surface area contributed by atoms with Gasteiger partial charge in [0.15, 0.2) is 69.8 Å². The summed E-state index contributed by atoms with van der Waals surface area (Å²) in [4.78, 5) is 20.3. The van der Waals surface area contributed by atoms with E-state index in [-0.39, 0.29) is 103 Å². The number of aliphatic imine (C=N–C) groups is 3. The van der Waals surface area contributed by atoms with Crippen molar-refractivity contribution in [2.24, 2.45) is 15.0 Å². The predicted octanol–water partition coefficient (Wildman–Crippen LogP) is 4.47. The SMILES string of the molecule is OCC1O[C@@H](Sc2c(F)c(F)c(/C(=C3\C=CC=N3)c3ccc[n-]3)c(F)c2F)C(O)[C@@H](O)[C@@H]1O.OCC1O[C@@H](Sc2c(F)c(F)c(/C(=C3\C=CC=N3)c3ccc[n-]3)c(F)c2F)C(O)[C@@H](O)[C@@H]1O.OCC1O[C@@H](Sc2c(F)c(F)c(/C(=C3\C=CC=N3)c3ccc[n-]3)c(F)c2F)C(O)[C@@H](O)[C@@H]1O.[Fe+3]. The quantitative estimate of drug-likeness (QED) is 0.0383. The first kappa shape index (κ1) is 77.2. The smallest absolute Gasteiger partial charge is 0.664 e. The number of aromatic nitrogens is 3. The zero-order valence-corrected chi connectivity index (χ0v) is 53.6. The Balaban J connectivity index is 0.000000174. The molecule has 0 bridgehead atoms. The standard InChI is InChI=1S/3C21H17F4N2O5S.Fe/c3*22-13-12(11(8-3-1-5-26-8)9-4-2-6-27-9)14(23)16(25)20(15(13)24)33-21-19(31)18(30)17(29)10(7-28)32-21;/h3*1-6,10,17-19,21,28-31H,7H2;/q3*-1;+3/b3*11-8+;/t3*10?,17-,18+,19?,21+;/m111./s1. The summed E-state index contributed by atoms with van der Waals surface area (Å²) >= 11 is 0.209. The van der Waals surface area contributed by atoms with Gasteiger partial charge >= 0.3 is 17.1 Å². The Kier molecular flexibility index (Phi) is 25.5. The largest absolute Gasteiger partial charge is 3.00 e. The summed E-state index contributed by atoms with van der Waals surface area (Å²) in [5.41, 5.74) is -8.52. The number of allylic oxidation sites excluding steroid dienone is 6. The number of ether oxygens (including phenoxy) is 3. The molecule has 12 N–H and O–H groups in total. The van der Waals surface area contributed by atoms with Crippen molar-refractivity contribution in [3.05, 3.63) is 212 Å². The molecule has 0 spiro atoms. The molecule has 6 aliphatic heterocycles. The fourth-order valence-corrected chi connectivity index (χ4v) is 13.9. The van der Waals surface area contributed by atoms with Crippen molar-refractivity contribution in [2.45, 2.75) is 104 Å². The van der Waals surface area contributed by atoms with E-state index in [0.717, 1.165) is 0 Å². The maximum atomic E-state index is 15.2. The number of nitrogens with zero attached hydrogens (tertiary/aromatic N) is 6. The fraction of sp³-hybridized carbons (Fsp3) is 0.286. The normalized spacial score (nSPS) is 28.3. The molecule has 3 aromatic heterocycles. The molecule has 0 amide bonds. The van der Waals surface area contributed by atoms with Gasteiger partial charge in [0.05, 0.1) is 68.3 Å². The summed E-state index contributed by atoms with van der Waals surface area (Å²) < 4.78 is 197. The summed E-state index contributed by atoms with van der Waals surface area (Å²) in [6, 6.07) is 8.62. The number of hydrogen-bond donors (Lipinski definition) is 12. The van der Waals surface area contributed by atoms with Crippen molar-refractivity contribution in [3.63, 3.8) is 0 Å². The Hall–Kier alpha value is -6.92. The Morgan fingerprint density at radius 3 is 0.760 bits per heavy atom. The Morgan fingerprint density at radius 1 is 0.350 bits per heavy atom. The number of halogens is 12. The molecule has 37 heteroatoms. The van der Waals surface area contributed by atoms with Crippen LogP contribution >= 0.6 is 35.3 Å². The topological polar surface area (TPSA) is 350 Å². The zero-order valence-electron chi connectivity index (χ0n) is 50.1. The Labute approximate surface area is 579 Å². The van der Waals surface area contributed by atoms with Crippen LogP contribution in [0.15, 0.2) is 138 Å². The molecule has 1 radical (unpaired) electrons. The van der Waals surface area contributed by atoms with Gasteiger partial charge in [0.2, 0.25) is 0 Å². The second-order valence-corrected chi connectivity index (χ2v) is 24.9. The molecule has 533 valence electrons. The number of aliphatic hydroxyl groups excluding tert-OH is 12. The van der Waals surface area contributed by atoms with Crippen molar-refractivity contribution in [1.29, 1.82) is 0 Å². The number of rotatable bonds is 15. The van der Waals surface area contributed by atoms with Crippen LogP contribution in [0.25, 0.3) is 16.7 Å². The van der Waals surface area contributed by atoms with Gasteiger partial charge in [-0.15, -0.1) is 17.1 Å².